The van der Waals surface area contributed by atoms with Crippen LogP contribution in [0, 0.1) is 5.92 Å². The molecule has 0 aromatic carbocycles. The first-order valence-electron chi connectivity index (χ1n) is 4.60. The van der Waals surface area contributed by atoms with Crippen LogP contribution < -0.4 is 0 Å². The largest absolute Gasteiger partial charge is 0.123 e. The van der Waals surface area contributed by atoms with Crippen molar-refractivity contribution in [2.45, 2.75) is 44.4 Å². The summed E-state index contributed by atoms with van der Waals surface area (Å²) in [7, 11) is 0. The van der Waals surface area contributed by atoms with Crippen molar-refractivity contribution in [1.29, 1.82) is 0 Å². The fourth-order valence-corrected chi connectivity index (χ4v) is 1.69. The van der Waals surface area contributed by atoms with Gasteiger partial charge in [0.2, 0.25) is 0 Å². The highest BCUT2D eigenvalue weighted by molar-refractivity contribution is 6.20. The molecule has 0 saturated heterocycles. The predicted molar refractivity (Wildman–Crippen MR) is 51.0 cm³/mol. The molecule has 1 heteroatoms. The van der Waals surface area contributed by atoms with Crippen LogP contribution in [0.1, 0.15) is 39.0 Å². The third kappa shape index (κ3) is 3.81. The van der Waals surface area contributed by atoms with E-state index in [2.05, 4.69) is 19.1 Å². The summed E-state index contributed by atoms with van der Waals surface area (Å²) >= 11 is 5.87. The summed E-state index contributed by atoms with van der Waals surface area (Å²) in [6, 6.07) is 0. The van der Waals surface area contributed by atoms with Gasteiger partial charge in [0.25, 0.3) is 0 Å². The Morgan fingerprint density at radius 3 is 3.00 bits per heavy atom. The molecule has 0 heterocycles. The van der Waals surface area contributed by atoms with Crippen molar-refractivity contribution < 1.29 is 0 Å². The summed E-state index contributed by atoms with van der Waals surface area (Å²) in [6.45, 7) is 2.08. The van der Waals surface area contributed by atoms with Crippen LogP contribution in [0.2, 0.25) is 0 Å². The summed E-state index contributed by atoms with van der Waals surface area (Å²) in [4.78, 5) is 0. The summed E-state index contributed by atoms with van der Waals surface area (Å²) in [6.07, 6.45) is 11.2. The van der Waals surface area contributed by atoms with Gasteiger partial charge in [-0.15, -0.1) is 11.6 Å². The lowest BCUT2D eigenvalue weighted by atomic mass is 9.91. The quantitative estimate of drug-likeness (QED) is 0.449. The molecule has 0 nitrogen and oxygen atoms in total. The van der Waals surface area contributed by atoms with Gasteiger partial charge in [-0.25, -0.2) is 0 Å². The second-order valence-corrected chi connectivity index (χ2v) is 4.22. The predicted octanol–water partition coefficient (Wildman–Crippen LogP) is 3.75. The molecule has 2 unspecified atom stereocenters. The third-order valence-corrected chi connectivity index (χ3v) is 2.51. The SMILES string of the molecule is CC(Cl)CCC1C=CCCC1. The average Bonchev–Trinajstić information content (AvgIpc) is 2.03. The molecule has 0 saturated carbocycles. The van der Waals surface area contributed by atoms with Crippen molar-refractivity contribution in [3.63, 3.8) is 0 Å². The van der Waals surface area contributed by atoms with Crippen molar-refractivity contribution in [2.24, 2.45) is 5.92 Å². The number of hydrogen-bond donors (Lipinski definition) is 0. The average molecular weight is 173 g/mol. The Bertz CT molecular complexity index is 127. The molecular weight excluding hydrogens is 156 g/mol. The first kappa shape index (κ1) is 9.12. The Morgan fingerprint density at radius 2 is 2.45 bits per heavy atom. The van der Waals surface area contributed by atoms with Crippen molar-refractivity contribution >= 4 is 11.6 Å². The van der Waals surface area contributed by atoms with E-state index in [4.69, 9.17) is 11.6 Å². The molecule has 64 valence electrons. The van der Waals surface area contributed by atoms with Crippen molar-refractivity contribution in [2.75, 3.05) is 0 Å². The van der Waals surface area contributed by atoms with Gasteiger partial charge in [-0.2, -0.15) is 0 Å². The van der Waals surface area contributed by atoms with Crippen LogP contribution in [-0.4, -0.2) is 5.38 Å². The summed E-state index contributed by atoms with van der Waals surface area (Å²) in [5.74, 6) is 0.824. The van der Waals surface area contributed by atoms with Gasteiger partial charge in [0.1, 0.15) is 0 Å². The van der Waals surface area contributed by atoms with E-state index in [1.165, 1.54) is 25.7 Å². The minimum absolute atomic E-state index is 0.352. The molecule has 0 N–H and O–H groups in total. The van der Waals surface area contributed by atoms with Crippen molar-refractivity contribution in [3.8, 4) is 0 Å². The summed E-state index contributed by atoms with van der Waals surface area (Å²) in [5.41, 5.74) is 0. The number of alkyl halides is 1. The normalized spacial score (nSPS) is 26.9. The molecular formula is C10H17Cl. The van der Waals surface area contributed by atoms with Crippen LogP contribution in [0.4, 0.5) is 0 Å². The van der Waals surface area contributed by atoms with Crippen molar-refractivity contribution in [1.82, 2.24) is 0 Å². The maximum Gasteiger partial charge on any atom is 0.0308 e. The van der Waals surface area contributed by atoms with Crippen LogP contribution in [0.15, 0.2) is 12.2 Å². The van der Waals surface area contributed by atoms with E-state index in [0.29, 0.717) is 5.38 Å². The maximum absolute atomic E-state index is 5.87. The molecule has 0 radical (unpaired) electrons. The van der Waals surface area contributed by atoms with Gasteiger partial charge in [-0.1, -0.05) is 12.2 Å². The van der Waals surface area contributed by atoms with Crippen LogP contribution >= 0.6 is 11.6 Å². The van der Waals surface area contributed by atoms with Crippen LogP contribution in [0.25, 0.3) is 0 Å². The Kier molecular flexibility index (Phi) is 3.99. The molecule has 11 heavy (non-hydrogen) atoms. The van der Waals surface area contributed by atoms with E-state index in [0.717, 1.165) is 12.3 Å². The van der Waals surface area contributed by atoms with Crippen LogP contribution in [0.5, 0.6) is 0 Å². The first-order chi connectivity index (χ1) is 5.29. The molecule has 0 aliphatic heterocycles. The van der Waals surface area contributed by atoms with E-state index in [9.17, 15) is 0 Å². The molecule has 1 rings (SSSR count). The van der Waals surface area contributed by atoms with Gasteiger partial charge in [-0.05, 0) is 44.9 Å². The second kappa shape index (κ2) is 4.82. The van der Waals surface area contributed by atoms with Gasteiger partial charge in [0.15, 0.2) is 0 Å². The van der Waals surface area contributed by atoms with E-state index in [1.807, 2.05) is 0 Å². The lowest BCUT2D eigenvalue weighted by Crippen LogP contribution is -2.03. The van der Waals surface area contributed by atoms with E-state index >= 15 is 0 Å². The van der Waals surface area contributed by atoms with Gasteiger partial charge < -0.3 is 0 Å². The molecule has 2 atom stereocenters. The minimum Gasteiger partial charge on any atom is -0.123 e. The van der Waals surface area contributed by atoms with E-state index in [-0.39, 0.29) is 0 Å². The lowest BCUT2D eigenvalue weighted by Gasteiger charge is -2.16. The van der Waals surface area contributed by atoms with Gasteiger partial charge in [-0.3, -0.25) is 0 Å². The fraction of sp³-hybridized carbons (Fsp3) is 0.800. The van der Waals surface area contributed by atoms with Gasteiger partial charge in [0, 0.05) is 5.38 Å². The molecule has 1 aliphatic rings. The molecule has 0 fully saturated rings. The number of hydrogen-bond acceptors (Lipinski definition) is 0. The Morgan fingerprint density at radius 1 is 1.64 bits per heavy atom. The van der Waals surface area contributed by atoms with Gasteiger partial charge in [0.05, 0.1) is 0 Å². The van der Waals surface area contributed by atoms with Crippen LogP contribution in [-0.2, 0) is 0 Å². The number of rotatable bonds is 3. The number of allylic oxidation sites excluding steroid dienone is 2. The molecule has 0 amide bonds. The third-order valence-electron chi connectivity index (χ3n) is 2.29. The lowest BCUT2D eigenvalue weighted by molar-refractivity contribution is 0.487. The molecule has 0 aromatic rings. The standard InChI is InChI=1S/C10H17Cl/c1-9(11)7-8-10-5-3-2-4-6-10/h3,5,9-10H,2,4,6-8H2,1H3. The second-order valence-electron chi connectivity index (χ2n) is 3.48. The van der Waals surface area contributed by atoms with Crippen LogP contribution in [0.3, 0.4) is 0 Å². The Balaban J connectivity index is 2.15. The van der Waals surface area contributed by atoms with E-state index < -0.39 is 0 Å². The zero-order valence-electron chi connectivity index (χ0n) is 7.22. The van der Waals surface area contributed by atoms with E-state index in [1.54, 1.807) is 0 Å². The first-order valence-corrected chi connectivity index (χ1v) is 5.03. The summed E-state index contributed by atoms with van der Waals surface area (Å²) < 4.78 is 0. The van der Waals surface area contributed by atoms with Gasteiger partial charge >= 0.3 is 0 Å². The van der Waals surface area contributed by atoms with Crippen molar-refractivity contribution in [3.05, 3.63) is 12.2 Å². The highest BCUT2D eigenvalue weighted by atomic mass is 35.5. The number of halogens is 1. The molecule has 0 bridgehead atoms. The maximum atomic E-state index is 5.87. The highest BCUT2D eigenvalue weighted by Crippen LogP contribution is 2.22. The minimum atomic E-state index is 0.352. The molecule has 1 aliphatic carbocycles. The fourth-order valence-electron chi connectivity index (χ4n) is 1.57. The molecule has 0 aromatic heterocycles. The smallest absolute Gasteiger partial charge is 0.0308 e. The Hall–Kier alpha value is 0.0300. The monoisotopic (exact) mass is 172 g/mol. The zero-order chi connectivity index (χ0) is 8.10. The summed E-state index contributed by atoms with van der Waals surface area (Å²) in [5, 5.41) is 0.352. The molecule has 0 spiro atoms. The topological polar surface area (TPSA) is 0 Å². The zero-order valence-corrected chi connectivity index (χ0v) is 7.98. The Labute approximate surface area is 74.6 Å². The highest BCUT2D eigenvalue weighted by Gasteiger charge is 2.08.